The topological polar surface area (TPSA) is 228 Å². The fraction of sp³-hybridized carbons (Fsp3) is 0.877. The Labute approximate surface area is 430 Å². The molecule has 2 rings (SSSR count). The molecule has 71 heavy (non-hydrogen) atoms. The number of rotatable bonds is 45. The number of amides is 1. The lowest BCUT2D eigenvalue weighted by molar-refractivity contribution is -0.359. The second-order valence-electron chi connectivity index (χ2n) is 20.4. The van der Waals surface area contributed by atoms with Crippen molar-refractivity contribution in [1.82, 2.24) is 5.32 Å². The Morgan fingerprint density at radius 1 is 0.507 bits per heavy atom. The average Bonchev–Trinajstić information content (AvgIpc) is 3.37. The molecule has 0 saturated carbocycles. The molecule has 2 fully saturated rings. The highest BCUT2D eigenvalue weighted by atomic mass is 16.7. The predicted octanol–water partition coefficient (Wildman–Crippen LogP) is 9.05. The fourth-order valence-electron chi connectivity index (χ4n) is 9.38. The maximum atomic E-state index is 13.1. The summed E-state index contributed by atoms with van der Waals surface area (Å²) in [5, 5.41) is 86.4. The molecule has 1 amide bonds. The third-order valence-corrected chi connectivity index (χ3v) is 14.1. The van der Waals surface area contributed by atoms with Crippen LogP contribution in [0.15, 0.2) is 36.5 Å². The number of carbonyl (C=O) groups excluding carboxylic acids is 1. The molecule has 9 N–H and O–H groups in total. The normalized spacial score (nSPS) is 26.0. The molecule has 2 aliphatic rings. The number of carbonyl (C=O) groups is 1. The number of nitrogens with one attached hydrogen (secondary N) is 1. The third-order valence-electron chi connectivity index (χ3n) is 14.1. The molecule has 0 radical (unpaired) electrons. The summed E-state index contributed by atoms with van der Waals surface area (Å²) in [6.07, 6.45) is 35.5. The Morgan fingerprint density at radius 3 is 1.42 bits per heavy atom. The van der Waals surface area contributed by atoms with Crippen molar-refractivity contribution in [3.05, 3.63) is 36.5 Å². The zero-order valence-corrected chi connectivity index (χ0v) is 44.5. The first kappa shape index (κ1) is 65.3. The Kier molecular flexibility index (Phi) is 40.0. The second-order valence-corrected chi connectivity index (χ2v) is 20.4. The molecule has 0 aromatic heterocycles. The summed E-state index contributed by atoms with van der Waals surface area (Å²) in [4.78, 5) is 13.1. The van der Waals surface area contributed by atoms with Crippen molar-refractivity contribution in [2.24, 2.45) is 0 Å². The first-order valence-electron chi connectivity index (χ1n) is 28.7. The predicted molar refractivity (Wildman–Crippen MR) is 281 cm³/mol. The van der Waals surface area contributed by atoms with Crippen LogP contribution in [0.5, 0.6) is 0 Å². The molecular weight excluding hydrogens is 907 g/mol. The summed E-state index contributed by atoms with van der Waals surface area (Å²) in [6, 6.07) is -0.909. The number of ether oxygens (including phenoxy) is 4. The van der Waals surface area contributed by atoms with E-state index in [9.17, 15) is 45.6 Å². The van der Waals surface area contributed by atoms with Gasteiger partial charge in [-0.15, -0.1) is 0 Å². The Bertz CT molecular complexity index is 1330. The molecule has 14 nitrogen and oxygen atoms in total. The lowest BCUT2D eigenvalue weighted by atomic mass is 9.97. The van der Waals surface area contributed by atoms with E-state index in [-0.39, 0.29) is 18.9 Å². The molecule has 2 aliphatic heterocycles. The van der Waals surface area contributed by atoms with Crippen LogP contribution >= 0.6 is 0 Å². The number of unbranched alkanes of at least 4 members (excludes halogenated alkanes) is 28. The highest BCUT2D eigenvalue weighted by Gasteiger charge is 2.51. The summed E-state index contributed by atoms with van der Waals surface area (Å²) in [6.45, 7) is 2.69. The zero-order chi connectivity index (χ0) is 51.7. The van der Waals surface area contributed by atoms with Gasteiger partial charge in [0.05, 0.1) is 32.0 Å². The van der Waals surface area contributed by atoms with Gasteiger partial charge < -0.3 is 65.1 Å². The minimum atomic E-state index is -1.79. The van der Waals surface area contributed by atoms with Gasteiger partial charge in [0.25, 0.3) is 0 Å². The van der Waals surface area contributed by atoms with E-state index in [2.05, 4.69) is 43.5 Å². The molecule has 0 aliphatic carbocycles. The van der Waals surface area contributed by atoms with Crippen molar-refractivity contribution < 1.29 is 64.6 Å². The minimum absolute atomic E-state index is 0.243. The third kappa shape index (κ3) is 29.8. The van der Waals surface area contributed by atoms with E-state index in [0.717, 1.165) is 57.8 Å². The number of hydrogen-bond donors (Lipinski definition) is 9. The average molecular weight is 1010 g/mol. The van der Waals surface area contributed by atoms with Crippen LogP contribution < -0.4 is 5.32 Å². The van der Waals surface area contributed by atoms with E-state index in [1.54, 1.807) is 6.08 Å². The Balaban J connectivity index is 1.57. The number of allylic oxidation sites excluding steroid dienone is 5. The zero-order valence-electron chi connectivity index (χ0n) is 44.5. The molecule has 14 heteroatoms. The van der Waals surface area contributed by atoms with Crippen LogP contribution in [0.1, 0.15) is 226 Å². The molecule has 0 spiro atoms. The smallest absolute Gasteiger partial charge is 0.220 e. The van der Waals surface area contributed by atoms with Crippen LogP contribution in [0, 0.1) is 0 Å². The van der Waals surface area contributed by atoms with Gasteiger partial charge in [-0.2, -0.15) is 0 Å². The lowest BCUT2D eigenvalue weighted by Gasteiger charge is -2.46. The Morgan fingerprint density at radius 2 is 0.930 bits per heavy atom. The van der Waals surface area contributed by atoms with Crippen molar-refractivity contribution in [2.45, 2.75) is 299 Å². The van der Waals surface area contributed by atoms with Gasteiger partial charge in [0.2, 0.25) is 5.91 Å². The van der Waals surface area contributed by atoms with Crippen LogP contribution in [-0.4, -0.2) is 140 Å². The number of aliphatic hydroxyl groups excluding tert-OH is 8. The molecule has 0 aromatic carbocycles. The first-order valence-corrected chi connectivity index (χ1v) is 28.7. The SMILES string of the molecule is CCCCCC/C=C/C(O)C(COC1OC(CO)C(OC2OC(CO)C(O)C(O)C2O)C(O)C1O)NC(=O)CCCCCCCCCCCCCCCCCCCCC/C=C\C/C=C\CCCCCCC. The largest absolute Gasteiger partial charge is 0.394 e. The van der Waals surface area contributed by atoms with E-state index in [1.807, 2.05) is 6.08 Å². The van der Waals surface area contributed by atoms with Gasteiger partial charge in [0.1, 0.15) is 48.8 Å². The molecule has 2 saturated heterocycles. The summed E-state index contributed by atoms with van der Waals surface area (Å²) < 4.78 is 22.6. The molecule has 0 aromatic rings. The van der Waals surface area contributed by atoms with E-state index in [0.29, 0.717) is 6.42 Å². The Hall–Kier alpha value is -1.79. The monoisotopic (exact) mass is 1010 g/mol. The van der Waals surface area contributed by atoms with Gasteiger partial charge >= 0.3 is 0 Å². The van der Waals surface area contributed by atoms with Crippen molar-refractivity contribution in [1.29, 1.82) is 0 Å². The molecule has 0 bridgehead atoms. The first-order chi connectivity index (χ1) is 34.6. The minimum Gasteiger partial charge on any atom is -0.394 e. The van der Waals surface area contributed by atoms with Gasteiger partial charge in [0.15, 0.2) is 12.6 Å². The summed E-state index contributed by atoms with van der Waals surface area (Å²) in [7, 11) is 0. The second kappa shape index (κ2) is 43.4. The van der Waals surface area contributed by atoms with Crippen LogP contribution in [0.4, 0.5) is 0 Å². The molecular formula is C57H105NO13. The summed E-state index contributed by atoms with van der Waals surface area (Å²) in [5.74, 6) is -0.243. The molecule has 2 heterocycles. The summed E-state index contributed by atoms with van der Waals surface area (Å²) >= 11 is 0. The van der Waals surface area contributed by atoms with Crippen LogP contribution in [-0.2, 0) is 23.7 Å². The molecule has 416 valence electrons. The maximum Gasteiger partial charge on any atom is 0.220 e. The fourth-order valence-corrected chi connectivity index (χ4v) is 9.38. The van der Waals surface area contributed by atoms with E-state index < -0.39 is 86.8 Å². The van der Waals surface area contributed by atoms with E-state index in [4.69, 9.17) is 18.9 Å². The van der Waals surface area contributed by atoms with Gasteiger partial charge in [-0.05, 0) is 51.4 Å². The quantitative estimate of drug-likeness (QED) is 0.0205. The van der Waals surface area contributed by atoms with E-state index >= 15 is 0 Å². The van der Waals surface area contributed by atoms with Crippen molar-refractivity contribution in [3.8, 4) is 0 Å². The van der Waals surface area contributed by atoms with Crippen molar-refractivity contribution >= 4 is 5.91 Å². The van der Waals surface area contributed by atoms with E-state index in [1.165, 1.54) is 141 Å². The number of aliphatic hydroxyl groups is 8. The lowest BCUT2D eigenvalue weighted by Crippen LogP contribution is -2.65. The molecule has 12 atom stereocenters. The number of hydrogen-bond acceptors (Lipinski definition) is 13. The van der Waals surface area contributed by atoms with Gasteiger partial charge in [0, 0.05) is 6.42 Å². The van der Waals surface area contributed by atoms with Gasteiger partial charge in [-0.25, -0.2) is 0 Å². The van der Waals surface area contributed by atoms with Crippen molar-refractivity contribution in [2.75, 3.05) is 19.8 Å². The van der Waals surface area contributed by atoms with Gasteiger partial charge in [-0.1, -0.05) is 204 Å². The standard InChI is InChI=1S/C57H105NO13/c1-3-5-7-9-11-12-13-14-15-16-17-18-19-20-21-22-23-24-25-26-27-28-29-30-31-32-33-34-35-37-39-41-49(62)58-45(46(61)40-38-36-10-8-6-4-2)44-68-56-54(67)52(65)55(48(43-60)70-56)71-57-53(66)51(64)50(63)47(42-59)69-57/h13-14,16-17,38,40,45-48,50-57,59-61,63-67H,3-12,15,18-37,39,41-44H2,1-2H3,(H,58,62)/b14-13-,17-16-,40-38+. The van der Waals surface area contributed by atoms with Crippen LogP contribution in [0.3, 0.4) is 0 Å². The van der Waals surface area contributed by atoms with Crippen LogP contribution in [0.2, 0.25) is 0 Å². The highest BCUT2D eigenvalue weighted by Crippen LogP contribution is 2.30. The molecule has 12 unspecified atom stereocenters. The van der Waals surface area contributed by atoms with Crippen LogP contribution in [0.25, 0.3) is 0 Å². The van der Waals surface area contributed by atoms with Gasteiger partial charge in [-0.3, -0.25) is 4.79 Å². The van der Waals surface area contributed by atoms with Crippen molar-refractivity contribution in [3.63, 3.8) is 0 Å². The highest BCUT2D eigenvalue weighted by molar-refractivity contribution is 5.76. The maximum absolute atomic E-state index is 13.1. The summed E-state index contributed by atoms with van der Waals surface area (Å²) in [5.41, 5.74) is 0.